The second-order valence-electron chi connectivity index (χ2n) is 7.38. The molecule has 1 N–H and O–H groups in total. The van der Waals surface area contributed by atoms with Gasteiger partial charge in [0, 0.05) is 44.6 Å². The maximum atomic E-state index is 12.1. The van der Waals surface area contributed by atoms with Gasteiger partial charge in [-0.2, -0.15) is 0 Å². The molecule has 0 bridgehead atoms. The molecule has 2 saturated heterocycles. The van der Waals surface area contributed by atoms with Crippen LogP contribution in [0.1, 0.15) is 33.6 Å². The first kappa shape index (κ1) is 16.7. The molecule has 0 aromatic heterocycles. The van der Waals surface area contributed by atoms with Gasteiger partial charge in [0.25, 0.3) is 0 Å². The van der Waals surface area contributed by atoms with Crippen LogP contribution in [0.3, 0.4) is 0 Å². The van der Waals surface area contributed by atoms with Crippen LogP contribution in [0.15, 0.2) is 0 Å². The molecule has 0 aliphatic carbocycles. The molecule has 122 valence electrons. The number of carbonyl (C=O) groups is 1. The standard InChI is InChI=1S/C16H30N2O3/c1-16(2,3)10-15(19)17-11-14(13-4-7-21-12-13)18-5-8-20-9-6-18/h13-14H,4-12H2,1-3H3,(H,17,19). The van der Waals surface area contributed by atoms with Crippen molar-refractivity contribution in [2.24, 2.45) is 11.3 Å². The lowest BCUT2D eigenvalue weighted by Gasteiger charge is -2.37. The van der Waals surface area contributed by atoms with Crippen LogP contribution in [0, 0.1) is 11.3 Å². The van der Waals surface area contributed by atoms with Crippen molar-refractivity contribution in [3.63, 3.8) is 0 Å². The van der Waals surface area contributed by atoms with Crippen LogP contribution in [0.2, 0.25) is 0 Å². The Kier molecular flexibility index (Phi) is 6.02. The maximum Gasteiger partial charge on any atom is 0.220 e. The molecule has 5 heteroatoms. The van der Waals surface area contributed by atoms with Crippen molar-refractivity contribution in [2.45, 2.75) is 39.7 Å². The van der Waals surface area contributed by atoms with Gasteiger partial charge in [-0.15, -0.1) is 0 Å². The zero-order valence-corrected chi connectivity index (χ0v) is 13.7. The highest BCUT2D eigenvalue weighted by Crippen LogP contribution is 2.22. The third-order valence-electron chi connectivity index (χ3n) is 4.22. The molecule has 2 fully saturated rings. The Bertz CT molecular complexity index is 329. The van der Waals surface area contributed by atoms with Gasteiger partial charge in [-0.1, -0.05) is 20.8 Å². The summed E-state index contributed by atoms with van der Waals surface area (Å²) in [5, 5.41) is 3.14. The molecular weight excluding hydrogens is 268 g/mol. The Morgan fingerprint density at radius 3 is 2.52 bits per heavy atom. The second kappa shape index (κ2) is 7.56. The van der Waals surface area contributed by atoms with Crippen LogP contribution >= 0.6 is 0 Å². The molecule has 2 rings (SSSR count). The van der Waals surface area contributed by atoms with Gasteiger partial charge in [0.15, 0.2) is 0 Å². The van der Waals surface area contributed by atoms with Gasteiger partial charge in [-0.05, 0) is 11.8 Å². The normalized spacial score (nSPS) is 25.8. The lowest BCUT2D eigenvalue weighted by Crippen LogP contribution is -2.52. The first-order valence-electron chi connectivity index (χ1n) is 8.12. The van der Waals surface area contributed by atoms with E-state index in [0.29, 0.717) is 18.4 Å². The minimum absolute atomic E-state index is 0.0367. The number of ether oxygens (including phenoxy) is 2. The Labute approximate surface area is 128 Å². The van der Waals surface area contributed by atoms with Gasteiger partial charge >= 0.3 is 0 Å². The van der Waals surface area contributed by atoms with Gasteiger partial charge in [-0.25, -0.2) is 0 Å². The summed E-state index contributed by atoms with van der Waals surface area (Å²) in [6.45, 7) is 12.2. The summed E-state index contributed by atoms with van der Waals surface area (Å²) in [6, 6.07) is 0.375. The number of morpholine rings is 1. The number of hydrogen-bond acceptors (Lipinski definition) is 4. The lowest BCUT2D eigenvalue weighted by atomic mass is 9.91. The Balaban J connectivity index is 1.87. The molecule has 0 aromatic carbocycles. The number of nitrogens with zero attached hydrogens (tertiary/aromatic N) is 1. The van der Waals surface area contributed by atoms with Gasteiger partial charge in [-0.3, -0.25) is 9.69 Å². The molecule has 2 aliphatic heterocycles. The van der Waals surface area contributed by atoms with Gasteiger partial charge in [0.2, 0.25) is 5.91 Å². The van der Waals surface area contributed by atoms with E-state index >= 15 is 0 Å². The molecule has 0 spiro atoms. The largest absolute Gasteiger partial charge is 0.381 e. The van der Waals surface area contributed by atoms with Crippen molar-refractivity contribution in [1.29, 1.82) is 0 Å². The summed E-state index contributed by atoms with van der Waals surface area (Å²) in [5.74, 6) is 0.678. The molecule has 1 amide bonds. The quantitative estimate of drug-likeness (QED) is 0.830. The third kappa shape index (κ3) is 5.57. The van der Waals surface area contributed by atoms with E-state index in [0.717, 1.165) is 52.5 Å². The van der Waals surface area contributed by atoms with Crippen LogP contribution in [0.25, 0.3) is 0 Å². The van der Waals surface area contributed by atoms with Crippen molar-refractivity contribution in [1.82, 2.24) is 10.2 Å². The molecule has 0 saturated carbocycles. The zero-order chi connectivity index (χ0) is 15.3. The summed E-state index contributed by atoms with van der Waals surface area (Å²) in [4.78, 5) is 14.5. The molecule has 2 unspecified atom stereocenters. The fourth-order valence-corrected chi connectivity index (χ4v) is 3.12. The highest BCUT2D eigenvalue weighted by molar-refractivity contribution is 5.76. The van der Waals surface area contributed by atoms with Gasteiger partial charge in [0.05, 0.1) is 19.8 Å². The van der Waals surface area contributed by atoms with Crippen molar-refractivity contribution >= 4 is 5.91 Å². The average molecular weight is 298 g/mol. The predicted molar refractivity (Wildman–Crippen MR) is 82.2 cm³/mol. The molecule has 5 nitrogen and oxygen atoms in total. The fourth-order valence-electron chi connectivity index (χ4n) is 3.12. The van der Waals surface area contributed by atoms with Crippen molar-refractivity contribution in [3.05, 3.63) is 0 Å². The molecule has 2 aliphatic rings. The minimum Gasteiger partial charge on any atom is -0.381 e. The molecule has 21 heavy (non-hydrogen) atoms. The van der Waals surface area contributed by atoms with Gasteiger partial charge in [0.1, 0.15) is 0 Å². The highest BCUT2D eigenvalue weighted by atomic mass is 16.5. The number of carbonyl (C=O) groups excluding carboxylic acids is 1. The molecule has 2 atom stereocenters. The van der Waals surface area contributed by atoms with Crippen LogP contribution in [0.4, 0.5) is 0 Å². The minimum atomic E-state index is 0.0367. The first-order chi connectivity index (χ1) is 9.96. The fraction of sp³-hybridized carbons (Fsp3) is 0.938. The molecule has 2 heterocycles. The van der Waals surface area contributed by atoms with Gasteiger partial charge < -0.3 is 14.8 Å². The number of hydrogen-bond donors (Lipinski definition) is 1. The molecule has 0 aromatic rings. The molecular formula is C16H30N2O3. The summed E-state index contributed by atoms with van der Waals surface area (Å²) >= 11 is 0. The van der Waals surface area contributed by atoms with E-state index in [1.165, 1.54) is 0 Å². The smallest absolute Gasteiger partial charge is 0.220 e. The maximum absolute atomic E-state index is 12.1. The summed E-state index contributed by atoms with van der Waals surface area (Å²) < 4.78 is 11.0. The topological polar surface area (TPSA) is 50.8 Å². The number of nitrogens with one attached hydrogen (secondary N) is 1. The monoisotopic (exact) mass is 298 g/mol. The predicted octanol–water partition coefficient (Wildman–Crippen LogP) is 1.28. The lowest BCUT2D eigenvalue weighted by molar-refractivity contribution is -0.123. The second-order valence-corrected chi connectivity index (χ2v) is 7.38. The Hall–Kier alpha value is -0.650. The summed E-state index contributed by atoms with van der Waals surface area (Å²) in [6.07, 6.45) is 1.67. The third-order valence-corrected chi connectivity index (χ3v) is 4.22. The Morgan fingerprint density at radius 2 is 1.95 bits per heavy atom. The number of amides is 1. The van der Waals surface area contributed by atoms with Crippen molar-refractivity contribution in [2.75, 3.05) is 46.1 Å². The Morgan fingerprint density at radius 1 is 1.24 bits per heavy atom. The summed E-state index contributed by atoms with van der Waals surface area (Å²) in [5.41, 5.74) is 0.0367. The van der Waals surface area contributed by atoms with E-state index in [-0.39, 0.29) is 11.3 Å². The van der Waals surface area contributed by atoms with Crippen LogP contribution in [0.5, 0.6) is 0 Å². The summed E-state index contributed by atoms with van der Waals surface area (Å²) in [7, 11) is 0. The van der Waals surface area contributed by atoms with E-state index < -0.39 is 0 Å². The zero-order valence-electron chi connectivity index (χ0n) is 13.7. The first-order valence-corrected chi connectivity index (χ1v) is 8.12. The van der Waals surface area contributed by atoms with E-state index in [2.05, 4.69) is 31.0 Å². The van der Waals surface area contributed by atoms with E-state index in [1.54, 1.807) is 0 Å². The van der Waals surface area contributed by atoms with Crippen molar-refractivity contribution in [3.8, 4) is 0 Å². The molecule has 0 radical (unpaired) electrons. The van der Waals surface area contributed by atoms with E-state index in [9.17, 15) is 4.79 Å². The van der Waals surface area contributed by atoms with E-state index in [1.807, 2.05) is 0 Å². The number of rotatable bonds is 5. The average Bonchev–Trinajstić information content (AvgIpc) is 2.92. The van der Waals surface area contributed by atoms with Crippen LogP contribution in [-0.2, 0) is 14.3 Å². The SMILES string of the molecule is CC(C)(C)CC(=O)NCC(C1CCOC1)N1CCOCC1. The highest BCUT2D eigenvalue weighted by Gasteiger charge is 2.31. The van der Waals surface area contributed by atoms with Crippen molar-refractivity contribution < 1.29 is 14.3 Å². The van der Waals surface area contributed by atoms with Crippen LogP contribution in [-0.4, -0.2) is 62.9 Å². The van der Waals surface area contributed by atoms with Crippen LogP contribution < -0.4 is 5.32 Å². The van der Waals surface area contributed by atoms with E-state index in [4.69, 9.17) is 9.47 Å².